The number of hydrogen-bond acceptors (Lipinski definition) is 4. The van der Waals surface area contributed by atoms with Gasteiger partial charge in [0, 0.05) is 4.88 Å². The van der Waals surface area contributed by atoms with Gasteiger partial charge in [-0.2, -0.15) is 0 Å². The average molecular weight is 240 g/mol. The molecule has 4 nitrogen and oxygen atoms in total. The van der Waals surface area contributed by atoms with Crippen molar-refractivity contribution < 1.29 is 9.90 Å². The summed E-state index contributed by atoms with van der Waals surface area (Å²) in [6, 6.07) is 0. The number of aryl methyl sites for hydroxylation is 1. The lowest BCUT2D eigenvalue weighted by atomic mass is 10.0. The maximum absolute atomic E-state index is 11.8. The average Bonchev–Trinajstić information content (AvgIpc) is 2.85. The molecule has 0 atom stereocenters. The molecule has 1 saturated carbocycles. The Morgan fingerprint density at radius 3 is 2.88 bits per heavy atom. The van der Waals surface area contributed by atoms with Gasteiger partial charge in [0.05, 0.1) is 17.7 Å². The fraction of sp³-hybridized carbons (Fsp3) is 0.636. The highest BCUT2D eigenvalue weighted by atomic mass is 32.1. The molecule has 1 aromatic heterocycles. The third-order valence-corrected chi connectivity index (χ3v) is 4.04. The minimum Gasteiger partial charge on any atom is -0.380 e. The molecular weight excluding hydrogens is 224 g/mol. The van der Waals surface area contributed by atoms with Gasteiger partial charge in [-0.05, 0) is 32.6 Å². The van der Waals surface area contributed by atoms with Gasteiger partial charge >= 0.3 is 0 Å². The summed E-state index contributed by atoms with van der Waals surface area (Å²) in [5.74, 6) is -0.238. The molecule has 0 spiro atoms. The molecule has 1 aromatic rings. The fourth-order valence-electron chi connectivity index (χ4n) is 2.01. The zero-order chi connectivity index (χ0) is 11.6. The van der Waals surface area contributed by atoms with Crippen LogP contribution in [0.2, 0.25) is 0 Å². The number of aromatic nitrogens is 1. The van der Waals surface area contributed by atoms with Crippen LogP contribution in [0.5, 0.6) is 0 Å². The number of rotatable bonds is 3. The predicted octanol–water partition coefficient (Wildman–Crippen LogP) is 1.37. The molecule has 0 saturated heterocycles. The number of carbonyl (C=O) groups excluding carboxylic acids is 1. The van der Waals surface area contributed by atoms with Crippen LogP contribution in [0, 0.1) is 6.92 Å². The summed E-state index contributed by atoms with van der Waals surface area (Å²) in [5.41, 5.74) is 1.59. The lowest BCUT2D eigenvalue weighted by Gasteiger charge is -2.20. The summed E-state index contributed by atoms with van der Waals surface area (Å²) in [6.45, 7) is 2.39. The summed E-state index contributed by atoms with van der Waals surface area (Å²) in [5, 5.41) is 12.8. The summed E-state index contributed by atoms with van der Waals surface area (Å²) < 4.78 is 0. The zero-order valence-corrected chi connectivity index (χ0v) is 10.1. The lowest BCUT2D eigenvalue weighted by molar-refractivity contribution is -0.139. The number of nitrogens with one attached hydrogen (secondary N) is 1. The van der Waals surface area contributed by atoms with Crippen LogP contribution in [0.15, 0.2) is 5.51 Å². The molecule has 0 aromatic carbocycles. The lowest BCUT2D eigenvalue weighted by Crippen LogP contribution is -2.44. The SMILES string of the molecule is Cc1ncsc1CNC(=O)C1(O)CCCC1. The van der Waals surface area contributed by atoms with Crippen molar-refractivity contribution in [3.63, 3.8) is 0 Å². The molecule has 16 heavy (non-hydrogen) atoms. The van der Waals surface area contributed by atoms with Gasteiger partial charge < -0.3 is 10.4 Å². The third-order valence-electron chi connectivity index (χ3n) is 3.11. The van der Waals surface area contributed by atoms with E-state index < -0.39 is 5.60 Å². The normalized spacial score (nSPS) is 18.6. The molecule has 88 valence electrons. The van der Waals surface area contributed by atoms with Crippen LogP contribution in [-0.4, -0.2) is 21.6 Å². The first-order valence-corrected chi connectivity index (χ1v) is 6.39. The van der Waals surface area contributed by atoms with Gasteiger partial charge in [0.25, 0.3) is 5.91 Å². The van der Waals surface area contributed by atoms with E-state index in [-0.39, 0.29) is 5.91 Å². The van der Waals surface area contributed by atoms with Crippen LogP contribution in [0.4, 0.5) is 0 Å². The van der Waals surface area contributed by atoms with Gasteiger partial charge in [0.15, 0.2) is 0 Å². The Morgan fingerprint density at radius 2 is 2.31 bits per heavy atom. The summed E-state index contributed by atoms with van der Waals surface area (Å²) in [7, 11) is 0. The van der Waals surface area contributed by atoms with E-state index in [0.29, 0.717) is 19.4 Å². The van der Waals surface area contributed by atoms with Crippen molar-refractivity contribution in [3.05, 3.63) is 16.1 Å². The van der Waals surface area contributed by atoms with Crippen LogP contribution in [0.25, 0.3) is 0 Å². The summed E-state index contributed by atoms with van der Waals surface area (Å²) in [6.07, 6.45) is 3.04. The van der Waals surface area contributed by atoms with Crippen molar-refractivity contribution in [2.24, 2.45) is 0 Å². The van der Waals surface area contributed by atoms with Gasteiger partial charge in [-0.3, -0.25) is 4.79 Å². The van der Waals surface area contributed by atoms with Gasteiger partial charge in [0.2, 0.25) is 0 Å². The van der Waals surface area contributed by atoms with E-state index in [9.17, 15) is 9.90 Å². The Morgan fingerprint density at radius 1 is 1.62 bits per heavy atom. The van der Waals surface area contributed by atoms with E-state index in [4.69, 9.17) is 0 Å². The Balaban J connectivity index is 1.91. The zero-order valence-electron chi connectivity index (χ0n) is 9.32. The van der Waals surface area contributed by atoms with Crippen LogP contribution < -0.4 is 5.32 Å². The topological polar surface area (TPSA) is 62.2 Å². The Bertz CT molecular complexity index is 383. The van der Waals surface area contributed by atoms with Crippen LogP contribution >= 0.6 is 11.3 Å². The molecule has 2 N–H and O–H groups in total. The highest BCUT2D eigenvalue weighted by Gasteiger charge is 2.38. The maximum atomic E-state index is 11.8. The quantitative estimate of drug-likeness (QED) is 0.839. The molecule has 1 amide bonds. The molecule has 0 aliphatic heterocycles. The van der Waals surface area contributed by atoms with E-state index in [1.807, 2.05) is 6.92 Å². The summed E-state index contributed by atoms with van der Waals surface area (Å²) >= 11 is 1.53. The van der Waals surface area contributed by atoms with E-state index >= 15 is 0 Å². The highest BCUT2D eigenvalue weighted by Crippen LogP contribution is 2.29. The van der Waals surface area contributed by atoms with Gasteiger partial charge in [-0.15, -0.1) is 11.3 Å². The monoisotopic (exact) mass is 240 g/mol. The minimum atomic E-state index is -1.13. The second kappa shape index (κ2) is 4.51. The third kappa shape index (κ3) is 2.25. The van der Waals surface area contributed by atoms with Crippen molar-refractivity contribution in [2.75, 3.05) is 0 Å². The number of amides is 1. The van der Waals surface area contributed by atoms with Gasteiger partial charge in [-0.25, -0.2) is 4.98 Å². The Hall–Kier alpha value is -0.940. The van der Waals surface area contributed by atoms with Gasteiger partial charge in [-0.1, -0.05) is 0 Å². The molecule has 0 unspecified atom stereocenters. The predicted molar refractivity (Wildman–Crippen MR) is 62.1 cm³/mol. The molecular formula is C11H16N2O2S. The maximum Gasteiger partial charge on any atom is 0.252 e. The first kappa shape index (κ1) is 11.5. The number of hydrogen-bond donors (Lipinski definition) is 2. The Kier molecular flexibility index (Phi) is 3.25. The molecule has 0 radical (unpaired) electrons. The van der Waals surface area contributed by atoms with Crippen molar-refractivity contribution in [2.45, 2.75) is 44.8 Å². The first-order chi connectivity index (χ1) is 7.62. The number of carbonyl (C=O) groups is 1. The van der Waals surface area contributed by atoms with E-state index in [1.165, 1.54) is 11.3 Å². The Labute approximate surface area is 98.7 Å². The summed E-state index contributed by atoms with van der Waals surface area (Å²) in [4.78, 5) is 17.0. The first-order valence-electron chi connectivity index (χ1n) is 5.51. The van der Waals surface area contributed by atoms with Crippen molar-refractivity contribution in [1.29, 1.82) is 0 Å². The molecule has 1 heterocycles. The molecule has 2 rings (SSSR count). The molecule has 1 aliphatic carbocycles. The van der Waals surface area contributed by atoms with E-state index in [1.54, 1.807) is 5.51 Å². The van der Waals surface area contributed by atoms with Crippen molar-refractivity contribution in [3.8, 4) is 0 Å². The second-order valence-electron chi connectivity index (χ2n) is 4.28. The van der Waals surface area contributed by atoms with Gasteiger partial charge in [0.1, 0.15) is 5.60 Å². The largest absolute Gasteiger partial charge is 0.380 e. The second-order valence-corrected chi connectivity index (χ2v) is 5.22. The van der Waals surface area contributed by atoms with Crippen molar-refractivity contribution >= 4 is 17.2 Å². The number of thiazole rings is 1. The molecule has 1 fully saturated rings. The minimum absolute atomic E-state index is 0.238. The highest BCUT2D eigenvalue weighted by molar-refractivity contribution is 7.09. The van der Waals surface area contributed by atoms with Crippen LogP contribution in [-0.2, 0) is 11.3 Å². The number of aliphatic hydroxyl groups is 1. The van der Waals surface area contributed by atoms with Crippen LogP contribution in [0.3, 0.4) is 0 Å². The van der Waals surface area contributed by atoms with Crippen molar-refractivity contribution in [1.82, 2.24) is 10.3 Å². The molecule has 5 heteroatoms. The van der Waals surface area contributed by atoms with E-state index in [0.717, 1.165) is 23.4 Å². The standard InChI is InChI=1S/C11H16N2O2S/c1-8-9(16-7-13-8)6-12-10(14)11(15)4-2-3-5-11/h7,15H,2-6H2,1H3,(H,12,14). The molecule has 1 aliphatic rings. The fourth-order valence-corrected chi connectivity index (χ4v) is 2.72. The smallest absolute Gasteiger partial charge is 0.252 e. The van der Waals surface area contributed by atoms with Crippen LogP contribution in [0.1, 0.15) is 36.3 Å². The number of nitrogens with zero attached hydrogens (tertiary/aromatic N) is 1. The molecule has 0 bridgehead atoms. The van der Waals surface area contributed by atoms with E-state index in [2.05, 4.69) is 10.3 Å².